The first-order valence-electron chi connectivity index (χ1n) is 19.2. The highest BCUT2D eigenvalue weighted by molar-refractivity contribution is 6.21. The molecule has 0 amide bonds. The fourth-order valence-electron chi connectivity index (χ4n) is 8.26. The summed E-state index contributed by atoms with van der Waals surface area (Å²) in [5.74, 6) is 1.75. The van der Waals surface area contributed by atoms with Crippen molar-refractivity contribution in [3.05, 3.63) is 200 Å². The third-order valence-corrected chi connectivity index (χ3v) is 11.0. The minimum atomic E-state index is 0.560. The maximum Gasteiger partial charge on any atom is 0.167 e. The maximum atomic E-state index is 6.47. The highest BCUT2D eigenvalue weighted by Gasteiger charge is 2.19. The molecule has 0 fully saturated rings. The van der Waals surface area contributed by atoms with Crippen LogP contribution < -0.4 is 0 Å². The molecule has 0 unspecified atom stereocenters. The Morgan fingerprint density at radius 2 is 0.649 bits per heavy atom. The fraction of sp³-hybridized carbons (Fsp3) is 0. The number of aromatic nitrogens is 3. The molecule has 0 N–H and O–H groups in total. The lowest BCUT2D eigenvalue weighted by Crippen LogP contribution is -2.00. The molecule has 4 heteroatoms. The van der Waals surface area contributed by atoms with E-state index in [0.717, 1.165) is 55.3 Å². The van der Waals surface area contributed by atoms with E-state index in [0.29, 0.717) is 17.5 Å². The van der Waals surface area contributed by atoms with Gasteiger partial charge < -0.3 is 4.42 Å². The number of fused-ring (bicyclic) bond motifs is 5. The van der Waals surface area contributed by atoms with Crippen molar-refractivity contribution in [3.63, 3.8) is 0 Å². The van der Waals surface area contributed by atoms with E-state index in [2.05, 4.69) is 164 Å². The smallest absolute Gasteiger partial charge is 0.167 e. The zero-order valence-electron chi connectivity index (χ0n) is 30.8. The summed E-state index contributed by atoms with van der Waals surface area (Å²) >= 11 is 0. The van der Waals surface area contributed by atoms with Gasteiger partial charge in [-0.25, -0.2) is 15.0 Å². The van der Waals surface area contributed by atoms with Gasteiger partial charge in [-0.1, -0.05) is 188 Å². The van der Waals surface area contributed by atoms with Crippen LogP contribution in [0.2, 0.25) is 0 Å². The average molecular weight is 728 g/mol. The Labute approximate surface area is 329 Å². The first-order chi connectivity index (χ1) is 28.3. The fourth-order valence-corrected chi connectivity index (χ4v) is 8.26. The van der Waals surface area contributed by atoms with Crippen molar-refractivity contribution in [3.8, 4) is 67.5 Å². The topological polar surface area (TPSA) is 51.8 Å². The van der Waals surface area contributed by atoms with Crippen molar-refractivity contribution in [2.24, 2.45) is 0 Å². The normalized spacial score (nSPS) is 11.5. The minimum absolute atomic E-state index is 0.560. The van der Waals surface area contributed by atoms with Crippen molar-refractivity contribution in [2.45, 2.75) is 0 Å². The monoisotopic (exact) mass is 727 g/mol. The summed E-state index contributed by atoms with van der Waals surface area (Å²) in [4.78, 5) is 15.4. The van der Waals surface area contributed by atoms with Crippen molar-refractivity contribution >= 4 is 43.5 Å². The Bertz CT molecular complexity index is 3200. The molecule has 0 bridgehead atoms. The lowest BCUT2D eigenvalue weighted by molar-refractivity contribution is 0.669. The predicted octanol–water partition coefficient (Wildman–Crippen LogP) is 14.1. The van der Waals surface area contributed by atoms with Gasteiger partial charge in [-0.15, -0.1) is 0 Å². The Morgan fingerprint density at radius 1 is 0.263 bits per heavy atom. The summed E-state index contributed by atoms with van der Waals surface area (Å²) in [6, 6.07) is 70.0. The second kappa shape index (κ2) is 13.6. The molecule has 0 aliphatic rings. The number of rotatable bonds is 6. The van der Waals surface area contributed by atoms with Crippen molar-refractivity contribution in [2.75, 3.05) is 0 Å². The molecule has 57 heavy (non-hydrogen) atoms. The van der Waals surface area contributed by atoms with Crippen LogP contribution in [0, 0.1) is 0 Å². The summed E-state index contributed by atoms with van der Waals surface area (Å²) in [6.45, 7) is 0. The van der Waals surface area contributed by atoms with Gasteiger partial charge in [0.2, 0.25) is 0 Å². The SMILES string of the molecule is c1ccc(-c2ccc(-c3nc(-c4ccc(-c5c6ccccc6c(-c6ccccc6)c6ccccc56)cc4)nc(-c4cccc5c4oc4ccccc45)n3)cc2)cc1. The van der Waals surface area contributed by atoms with Crippen molar-refractivity contribution < 1.29 is 4.42 Å². The van der Waals surface area contributed by atoms with Gasteiger partial charge in [0, 0.05) is 21.9 Å². The molecule has 266 valence electrons. The molecule has 2 heterocycles. The molecule has 4 nitrogen and oxygen atoms in total. The van der Waals surface area contributed by atoms with Crippen LogP contribution in [-0.2, 0) is 0 Å². The van der Waals surface area contributed by atoms with E-state index in [1.54, 1.807) is 0 Å². The van der Waals surface area contributed by atoms with Gasteiger partial charge in [0.15, 0.2) is 17.5 Å². The number of furan rings is 1. The van der Waals surface area contributed by atoms with Crippen LogP contribution in [0.5, 0.6) is 0 Å². The largest absolute Gasteiger partial charge is 0.455 e. The van der Waals surface area contributed by atoms with Crippen LogP contribution in [0.15, 0.2) is 205 Å². The molecule has 11 rings (SSSR count). The summed E-state index contributed by atoms with van der Waals surface area (Å²) in [6.07, 6.45) is 0. The van der Waals surface area contributed by atoms with Crippen LogP contribution in [-0.4, -0.2) is 15.0 Å². The standard InChI is InChI=1S/C53H33N3O/c1-3-14-34(15-4-1)35-26-30-38(31-27-35)51-54-52(56-53(55-51)46-24-13-23-45-40-18-11-12-25-47(40)57-50(45)46)39-32-28-37(29-33-39)49-43-21-9-7-19-41(43)48(36-16-5-2-6-17-36)42-20-8-10-22-44(42)49/h1-33H. The summed E-state index contributed by atoms with van der Waals surface area (Å²) in [7, 11) is 0. The highest BCUT2D eigenvalue weighted by atomic mass is 16.3. The van der Waals surface area contributed by atoms with Gasteiger partial charge in [-0.05, 0) is 67.1 Å². The van der Waals surface area contributed by atoms with Crippen LogP contribution in [0.1, 0.15) is 0 Å². The van der Waals surface area contributed by atoms with E-state index < -0.39 is 0 Å². The van der Waals surface area contributed by atoms with Gasteiger partial charge in [0.05, 0.1) is 5.56 Å². The Balaban J connectivity index is 1.07. The molecular weight excluding hydrogens is 695 g/mol. The lowest BCUT2D eigenvalue weighted by atomic mass is 9.86. The Morgan fingerprint density at radius 3 is 1.21 bits per heavy atom. The first-order valence-corrected chi connectivity index (χ1v) is 19.2. The van der Waals surface area contributed by atoms with Gasteiger partial charge in [0.1, 0.15) is 11.2 Å². The van der Waals surface area contributed by atoms with E-state index >= 15 is 0 Å². The van der Waals surface area contributed by atoms with Gasteiger partial charge in [0.25, 0.3) is 0 Å². The third-order valence-electron chi connectivity index (χ3n) is 11.0. The molecule has 0 atom stereocenters. The van der Waals surface area contributed by atoms with E-state index in [4.69, 9.17) is 19.4 Å². The maximum absolute atomic E-state index is 6.47. The van der Waals surface area contributed by atoms with Crippen LogP contribution in [0.4, 0.5) is 0 Å². The Hall–Kier alpha value is -7.69. The average Bonchev–Trinajstić information content (AvgIpc) is 3.68. The van der Waals surface area contributed by atoms with Crippen molar-refractivity contribution in [1.82, 2.24) is 15.0 Å². The molecule has 11 aromatic rings. The molecule has 0 saturated heterocycles. The lowest BCUT2D eigenvalue weighted by Gasteiger charge is -2.18. The molecular formula is C53H33N3O. The van der Waals surface area contributed by atoms with E-state index in [-0.39, 0.29) is 0 Å². The van der Waals surface area contributed by atoms with E-state index in [1.165, 1.54) is 38.2 Å². The summed E-state index contributed by atoms with van der Waals surface area (Å²) in [5, 5.41) is 6.97. The zero-order chi connectivity index (χ0) is 37.7. The third kappa shape index (κ3) is 5.66. The van der Waals surface area contributed by atoms with Crippen molar-refractivity contribution in [1.29, 1.82) is 0 Å². The number of benzene rings is 9. The molecule has 9 aromatic carbocycles. The van der Waals surface area contributed by atoms with Crippen LogP contribution >= 0.6 is 0 Å². The Kier molecular flexibility index (Phi) is 7.78. The second-order valence-electron chi connectivity index (χ2n) is 14.3. The molecule has 0 aliphatic heterocycles. The predicted molar refractivity (Wildman–Crippen MR) is 235 cm³/mol. The summed E-state index contributed by atoms with van der Waals surface area (Å²) < 4.78 is 6.47. The van der Waals surface area contributed by atoms with Crippen LogP contribution in [0.3, 0.4) is 0 Å². The van der Waals surface area contributed by atoms with E-state index in [1.807, 2.05) is 36.4 Å². The molecule has 0 spiro atoms. The first kappa shape index (κ1) is 32.7. The molecule has 2 aromatic heterocycles. The zero-order valence-corrected chi connectivity index (χ0v) is 30.8. The number of hydrogen-bond donors (Lipinski definition) is 0. The quantitative estimate of drug-likeness (QED) is 0.160. The van der Waals surface area contributed by atoms with E-state index in [9.17, 15) is 0 Å². The summed E-state index contributed by atoms with van der Waals surface area (Å²) in [5.41, 5.74) is 11.3. The number of para-hydroxylation sites is 2. The van der Waals surface area contributed by atoms with Gasteiger partial charge >= 0.3 is 0 Å². The number of nitrogens with zero attached hydrogens (tertiary/aromatic N) is 3. The number of hydrogen-bond acceptors (Lipinski definition) is 4. The van der Waals surface area contributed by atoms with Gasteiger partial charge in [-0.2, -0.15) is 0 Å². The van der Waals surface area contributed by atoms with Gasteiger partial charge in [-0.3, -0.25) is 0 Å². The minimum Gasteiger partial charge on any atom is -0.455 e. The van der Waals surface area contributed by atoms with Crippen LogP contribution in [0.25, 0.3) is 111 Å². The molecule has 0 radical (unpaired) electrons. The second-order valence-corrected chi connectivity index (χ2v) is 14.3. The molecule has 0 saturated carbocycles. The highest BCUT2D eigenvalue weighted by Crippen LogP contribution is 2.44. The molecule has 0 aliphatic carbocycles.